The second-order valence-corrected chi connectivity index (χ2v) is 0.813. The molecule has 0 aliphatic carbocycles. The Labute approximate surface area is 55.0 Å². The number of halogens is 2. The van der Waals surface area contributed by atoms with Crippen LogP contribution in [-0.2, 0) is 21.1 Å². The summed E-state index contributed by atoms with van der Waals surface area (Å²) in [7, 11) is 0. The fourth-order valence-electron chi connectivity index (χ4n) is 0. The molecule has 0 unspecified atom stereocenters. The van der Waals surface area contributed by atoms with Gasteiger partial charge in [0.15, 0.2) is 0 Å². The topological polar surface area (TPSA) is 0 Å². The van der Waals surface area contributed by atoms with E-state index in [-0.39, 0.29) is 21.1 Å². The van der Waals surface area contributed by atoms with Crippen molar-refractivity contribution in [3.8, 4) is 0 Å². The van der Waals surface area contributed by atoms with Gasteiger partial charge >= 0.3 is 0 Å². The summed E-state index contributed by atoms with van der Waals surface area (Å²) in [6.45, 7) is 0. The summed E-state index contributed by atoms with van der Waals surface area (Å²) in [5, 5.41) is 0. The van der Waals surface area contributed by atoms with E-state index in [1.165, 1.54) is 0 Å². The van der Waals surface area contributed by atoms with E-state index in [9.17, 15) is 8.78 Å². The van der Waals surface area contributed by atoms with Gasteiger partial charge in [-0.25, -0.2) is 12.6 Å². The minimum absolute atomic E-state index is 0. The normalized spacial score (nSPS) is 8.00. The molecule has 4 heteroatoms. The third-order valence-corrected chi connectivity index (χ3v) is 0.359. The molecule has 0 saturated carbocycles. The molecule has 0 saturated heterocycles. The van der Waals surface area contributed by atoms with Crippen LogP contribution in [0.5, 0.6) is 0 Å². The molecule has 0 bridgehead atoms. The van der Waals surface area contributed by atoms with Gasteiger partial charge in [-0.3, -0.25) is 0 Å². The first kappa shape index (κ1) is 10.0. The molecule has 0 aromatic rings. The summed E-state index contributed by atoms with van der Waals surface area (Å²) in [4.78, 5) is 0. The fourth-order valence-corrected chi connectivity index (χ4v) is 0. The molecule has 0 N–H and O–H groups in total. The van der Waals surface area contributed by atoms with E-state index in [4.69, 9.17) is 0 Å². The second-order valence-electron chi connectivity index (χ2n) is 0.497. The van der Waals surface area contributed by atoms with Crippen LogP contribution >= 0.6 is 12.6 Å². The molecular weight excluding hydrogens is 278 g/mol. The molecule has 6 heavy (non-hydrogen) atoms. The summed E-state index contributed by atoms with van der Waals surface area (Å²) in [5.41, 5.74) is 0. The number of rotatable bonds is 1. The fraction of sp³-hybridized carbons (Fsp3) is 0.500. The Bertz CT molecular complexity index is 25.5. The third-order valence-electron chi connectivity index (χ3n) is 0.120. The summed E-state index contributed by atoms with van der Waals surface area (Å²) in [5.74, 6) is -0.417. The van der Waals surface area contributed by atoms with Crippen molar-refractivity contribution in [2.75, 3.05) is 5.75 Å². The average Bonchev–Trinajstić information content (AvgIpc) is 1.38. The van der Waals surface area contributed by atoms with Gasteiger partial charge in [0.1, 0.15) is 0 Å². The molecule has 0 aromatic carbocycles. The zero-order chi connectivity index (χ0) is 4.28. The Morgan fingerprint density at radius 1 is 1.50 bits per heavy atom. The standard InChI is InChI=1S/C2H3F2S.W/c3-2(4)1-5;/h5H,1H2;/q-1;. The Balaban J connectivity index is 0. The average molecular weight is 281 g/mol. The van der Waals surface area contributed by atoms with Crippen molar-refractivity contribution in [3.05, 3.63) is 6.43 Å². The van der Waals surface area contributed by atoms with E-state index in [0.717, 1.165) is 0 Å². The van der Waals surface area contributed by atoms with E-state index in [2.05, 4.69) is 12.6 Å². The summed E-state index contributed by atoms with van der Waals surface area (Å²) in [6, 6.07) is 0. The van der Waals surface area contributed by atoms with Crippen LogP contribution in [0.1, 0.15) is 0 Å². The zero-order valence-electron chi connectivity index (χ0n) is 2.82. The minimum Gasteiger partial charge on any atom is -0.420 e. The van der Waals surface area contributed by atoms with E-state index < -0.39 is 12.2 Å². The molecule has 0 nitrogen and oxygen atoms in total. The van der Waals surface area contributed by atoms with Crippen molar-refractivity contribution in [1.29, 1.82) is 0 Å². The molecule has 0 rings (SSSR count). The maximum Gasteiger partial charge on any atom is 0.0105 e. The van der Waals surface area contributed by atoms with Crippen LogP contribution < -0.4 is 0 Å². The number of thiol groups is 1. The molecule has 38 valence electrons. The van der Waals surface area contributed by atoms with Crippen LogP contribution in [0.15, 0.2) is 0 Å². The molecular formula is C2H3F2SW-. The SMILES string of the molecule is F[C-](F)CS.[W]. The number of hydrogen-bond acceptors (Lipinski definition) is 1. The summed E-state index contributed by atoms with van der Waals surface area (Å²) >= 11 is 3.23. The van der Waals surface area contributed by atoms with Gasteiger partial charge in [-0.15, -0.1) is 0 Å². The Morgan fingerprint density at radius 3 is 1.67 bits per heavy atom. The van der Waals surface area contributed by atoms with E-state index in [1.54, 1.807) is 0 Å². The maximum atomic E-state index is 10.6. The molecule has 0 aliphatic heterocycles. The number of hydrogen-bond donors (Lipinski definition) is 1. The monoisotopic (exact) mass is 281 g/mol. The van der Waals surface area contributed by atoms with Crippen LogP contribution in [0.4, 0.5) is 8.78 Å². The first-order valence-corrected chi connectivity index (χ1v) is 1.68. The predicted octanol–water partition coefficient (Wildman–Crippen LogP) is 1.34. The first-order valence-electron chi connectivity index (χ1n) is 1.05. The van der Waals surface area contributed by atoms with Crippen LogP contribution in [0.2, 0.25) is 0 Å². The molecule has 0 atom stereocenters. The van der Waals surface area contributed by atoms with Crippen LogP contribution in [-0.4, -0.2) is 5.75 Å². The second kappa shape index (κ2) is 5.90. The van der Waals surface area contributed by atoms with Crippen molar-refractivity contribution in [3.63, 3.8) is 0 Å². The zero-order valence-corrected chi connectivity index (χ0v) is 6.65. The Morgan fingerprint density at radius 2 is 1.67 bits per heavy atom. The van der Waals surface area contributed by atoms with Crippen LogP contribution in [0, 0.1) is 6.43 Å². The van der Waals surface area contributed by atoms with Gasteiger partial charge < -0.3 is 8.78 Å². The molecule has 0 radical (unpaired) electrons. The van der Waals surface area contributed by atoms with Crippen molar-refractivity contribution >= 4 is 12.6 Å². The largest absolute Gasteiger partial charge is 0.420 e. The Kier molecular flexibility index (Phi) is 9.83. The third kappa shape index (κ3) is 8.86. The van der Waals surface area contributed by atoms with Crippen molar-refractivity contribution < 1.29 is 29.8 Å². The van der Waals surface area contributed by atoms with Crippen molar-refractivity contribution in [2.45, 2.75) is 0 Å². The molecule has 0 spiro atoms. The predicted molar refractivity (Wildman–Crippen MR) is 19.3 cm³/mol. The summed E-state index contributed by atoms with van der Waals surface area (Å²) in [6.07, 6.45) is -1.63. The summed E-state index contributed by atoms with van der Waals surface area (Å²) < 4.78 is 21.2. The van der Waals surface area contributed by atoms with E-state index in [1.807, 2.05) is 0 Å². The molecule has 0 amide bonds. The van der Waals surface area contributed by atoms with Gasteiger partial charge in [-0.1, -0.05) is 5.75 Å². The van der Waals surface area contributed by atoms with Gasteiger partial charge in [0, 0.05) is 27.5 Å². The molecule has 0 fully saturated rings. The van der Waals surface area contributed by atoms with Gasteiger partial charge in [-0.05, 0) is 0 Å². The maximum absolute atomic E-state index is 10.6. The van der Waals surface area contributed by atoms with Crippen LogP contribution in [0.3, 0.4) is 0 Å². The van der Waals surface area contributed by atoms with Gasteiger partial charge in [0.2, 0.25) is 0 Å². The van der Waals surface area contributed by atoms with E-state index in [0.29, 0.717) is 0 Å². The molecule has 0 aromatic heterocycles. The smallest absolute Gasteiger partial charge is 0.0105 e. The van der Waals surface area contributed by atoms with Crippen LogP contribution in [0.25, 0.3) is 0 Å². The van der Waals surface area contributed by atoms with Crippen molar-refractivity contribution in [1.82, 2.24) is 0 Å². The van der Waals surface area contributed by atoms with Gasteiger partial charge in [0.05, 0.1) is 0 Å². The molecule has 0 heterocycles. The van der Waals surface area contributed by atoms with Gasteiger partial charge in [0.25, 0.3) is 0 Å². The first-order chi connectivity index (χ1) is 2.27. The Hall–Kier alpha value is 0.898. The minimum atomic E-state index is -1.63. The van der Waals surface area contributed by atoms with Crippen molar-refractivity contribution in [2.24, 2.45) is 0 Å². The van der Waals surface area contributed by atoms with E-state index >= 15 is 0 Å². The quantitative estimate of drug-likeness (QED) is 0.544. The molecule has 0 aliphatic rings. The van der Waals surface area contributed by atoms with Gasteiger partial charge in [-0.2, -0.15) is 0 Å².